The van der Waals surface area contributed by atoms with Crippen molar-refractivity contribution in [2.24, 2.45) is 0 Å². The number of rotatable bonds is 2. The molecule has 5 heteroatoms. The summed E-state index contributed by atoms with van der Waals surface area (Å²) in [6, 6.07) is 3.13. The molecule has 1 heterocycles. The number of carbonyl (C=O) groups is 2. The van der Waals surface area contributed by atoms with E-state index in [1.807, 2.05) is 0 Å². The molecule has 0 saturated carbocycles. The van der Waals surface area contributed by atoms with Gasteiger partial charge in [0.1, 0.15) is 11.0 Å². The molecule has 0 unspecified atom stereocenters. The van der Waals surface area contributed by atoms with Crippen molar-refractivity contribution in [3.05, 3.63) is 23.3 Å². The van der Waals surface area contributed by atoms with Gasteiger partial charge in [0.25, 0.3) is 0 Å². The number of aromatic nitrogens is 2. The monoisotopic (exact) mass is 192 g/mol. The molecular formula is C8H4N2O2S. The molecule has 64 valence electrons. The van der Waals surface area contributed by atoms with E-state index in [1.54, 1.807) is 12.1 Å². The molecule has 0 aliphatic carbocycles. The van der Waals surface area contributed by atoms with Crippen LogP contribution in [-0.4, -0.2) is 21.3 Å². The zero-order chi connectivity index (χ0) is 9.26. The topological polar surface area (TPSA) is 59.9 Å². The van der Waals surface area contributed by atoms with Crippen LogP contribution in [0, 0.1) is 0 Å². The van der Waals surface area contributed by atoms with Crippen molar-refractivity contribution in [1.82, 2.24) is 8.75 Å². The van der Waals surface area contributed by atoms with Crippen LogP contribution in [0.3, 0.4) is 0 Å². The molecule has 1 aromatic carbocycles. The van der Waals surface area contributed by atoms with Gasteiger partial charge in [0.05, 0.1) is 11.7 Å². The zero-order valence-corrected chi connectivity index (χ0v) is 7.25. The van der Waals surface area contributed by atoms with Gasteiger partial charge in [0.15, 0.2) is 12.6 Å². The third-order valence-corrected chi connectivity index (χ3v) is 2.27. The minimum atomic E-state index is 0.357. The molecule has 0 aliphatic heterocycles. The normalized spacial score (nSPS) is 10.2. The Bertz CT molecular complexity index is 436. The molecule has 0 amide bonds. The van der Waals surface area contributed by atoms with E-state index in [-0.39, 0.29) is 0 Å². The van der Waals surface area contributed by atoms with Gasteiger partial charge in [-0.15, -0.1) is 0 Å². The van der Waals surface area contributed by atoms with Gasteiger partial charge in [-0.3, -0.25) is 9.59 Å². The highest BCUT2D eigenvalue weighted by Crippen LogP contribution is 2.15. The first kappa shape index (κ1) is 8.00. The van der Waals surface area contributed by atoms with Gasteiger partial charge in [0.2, 0.25) is 0 Å². The van der Waals surface area contributed by atoms with Crippen molar-refractivity contribution in [1.29, 1.82) is 0 Å². The number of carbonyl (C=O) groups excluding carboxylic acids is 2. The molecule has 0 radical (unpaired) electrons. The fourth-order valence-electron chi connectivity index (χ4n) is 1.07. The van der Waals surface area contributed by atoms with Gasteiger partial charge < -0.3 is 0 Å². The summed E-state index contributed by atoms with van der Waals surface area (Å²) in [6.45, 7) is 0. The minimum Gasteiger partial charge on any atom is -0.298 e. The molecule has 13 heavy (non-hydrogen) atoms. The fraction of sp³-hybridized carbons (Fsp3) is 0. The average Bonchev–Trinajstić information content (AvgIpc) is 2.62. The van der Waals surface area contributed by atoms with Crippen molar-refractivity contribution < 1.29 is 9.59 Å². The van der Waals surface area contributed by atoms with Crippen molar-refractivity contribution in [2.45, 2.75) is 0 Å². The van der Waals surface area contributed by atoms with Crippen LogP contribution in [0.1, 0.15) is 20.7 Å². The molecule has 0 fully saturated rings. The summed E-state index contributed by atoms with van der Waals surface area (Å²) in [4.78, 5) is 21.1. The lowest BCUT2D eigenvalue weighted by Gasteiger charge is -1.94. The number of hydrogen-bond acceptors (Lipinski definition) is 5. The van der Waals surface area contributed by atoms with Gasteiger partial charge >= 0.3 is 0 Å². The quantitative estimate of drug-likeness (QED) is 0.673. The van der Waals surface area contributed by atoms with E-state index in [4.69, 9.17) is 0 Å². The zero-order valence-electron chi connectivity index (χ0n) is 6.43. The van der Waals surface area contributed by atoms with Crippen molar-refractivity contribution in [3.63, 3.8) is 0 Å². The first-order valence-electron chi connectivity index (χ1n) is 3.52. The van der Waals surface area contributed by atoms with Crippen molar-refractivity contribution in [3.8, 4) is 0 Å². The predicted octanol–water partition coefficient (Wildman–Crippen LogP) is 1.32. The highest BCUT2D eigenvalue weighted by atomic mass is 32.1. The van der Waals surface area contributed by atoms with Gasteiger partial charge in [-0.05, 0) is 12.1 Å². The summed E-state index contributed by atoms with van der Waals surface area (Å²) in [5.74, 6) is 0. The van der Waals surface area contributed by atoms with Crippen LogP contribution in [0.4, 0.5) is 0 Å². The minimum absolute atomic E-state index is 0.357. The molecule has 0 spiro atoms. The second-order valence-corrected chi connectivity index (χ2v) is 3.00. The van der Waals surface area contributed by atoms with E-state index in [9.17, 15) is 9.59 Å². The lowest BCUT2D eigenvalue weighted by Crippen LogP contribution is -1.90. The first-order chi connectivity index (χ1) is 6.35. The molecular weight excluding hydrogens is 188 g/mol. The molecule has 0 atom stereocenters. The van der Waals surface area contributed by atoms with Gasteiger partial charge in [-0.2, -0.15) is 8.75 Å². The lowest BCUT2D eigenvalue weighted by molar-refractivity contribution is 0.109. The molecule has 0 saturated heterocycles. The van der Waals surface area contributed by atoms with Gasteiger partial charge in [0, 0.05) is 11.1 Å². The third kappa shape index (κ3) is 1.23. The summed E-state index contributed by atoms with van der Waals surface area (Å²) in [5.41, 5.74) is 2.01. The number of nitrogens with zero attached hydrogens (tertiary/aromatic N) is 2. The Morgan fingerprint density at radius 2 is 1.46 bits per heavy atom. The van der Waals surface area contributed by atoms with E-state index < -0.39 is 0 Å². The Labute approximate surface area is 77.5 Å². The van der Waals surface area contributed by atoms with Gasteiger partial charge in [-0.25, -0.2) is 0 Å². The van der Waals surface area contributed by atoms with Crippen LogP contribution >= 0.6 is 11.7 Å². The SMILES string of the molecule is O=Cc1cc2nsnc2cc1C=O. The number of fused-ring (bicyclic) bond motifs is 1. The summed E-state index contributed by atoms with van der Waals surface area (Å²) < 4.78 is 7.92. The van der Waals surface area contributed by atoms with Crippen molar-refractivity contribution in [2.75, 3.05) is 0 Å². The van der Waals surface area contributed by atoms with Crippen LogP contribution in [0.2, 0.25) is 0 Å². The Balaban J connectivity index is 2.80. The van der Waals surface area contributed by atoms with E-state index in [0.717, 1.165) is 11.7 Å². The van der Waals surface area contributed by atoms with E-state index >= 15 is 0 Å². The summed E-state index contributed by atoms with van der Waals surface area (Å²) in [5, 5.41) is 0. The molecule has 0 bridgehead atoms. The Kier molecular flexibility index (Phi) is 1.86. The standard InChI is InChI=1S/C8H4N2O2S/c11-3-5-1-7-8(10-13-9-7)2-6(5)4-12/h1-4H. The number of benzene rings is 1. The summed E-state index contributed by atoms with van der Waals surface area (Å²) in [6.07, 6.45) is 1.28. The maximum Gasteiger partial charge on any atom is 0.150 e. The largest absolute Gasteiger partial charge is 0.298 e. The molecule has 0 N–H and O–H groups in total. The van der Waals surface area contributed by atoms with Crippen LogP contribution in [0.5, 0.6) is 0 Å². The Morgan fingerprint density at radius 1 is 1.00 bits per heavy atom. The maximum absolute atomic E-state index is 10.5. The second kappa shape index (κ2) is 3.02. The first-order valence-corrected chi connectivity index (χ1v) is 4.25. The van der Waals surface area contributed by atoms with E-state index in [0.29, 0.717) is 34.7 Å². The molecule has 1 aromatic heterocycles. The number of aldehydes is 2. The predicted molar refractivity (Wildman–Crippen MR) is 48.2 cm³/mol. The molecule has 0 aliphatic rings. The molecule has 4 nitrogen and oxygen atoms in total. The Morgan fingerprint density at radius 3 is 1.85 bits per heavy atom. The highest BCUT2D eigenvalue weighted by Gasteiger charge is 2.05. The molecule has 2 aromatic rings. The van der Waals surface area contributed by atoms with Crippen LogP contribution in [0.15, 0.2) is 12.1 Å². The Hall–Kier alpha value is -1.62. The molecule has 2 rings (SSSR count). The van der Waals surface area contributed by atoms with Crippen molar-refractivity contribution >= 4 is 35.3 Å². The highest BCUT2D eigenvalue weighted by molar-refractivity contribution is 7.00. The van der Waals surface area contributed by atoms with Gasteiger partial charge in [-0.1, -0.05) is 0 Å². The smallest absolute Gasteiger partial charge is 0.150 e. The lowest BCUT2D eigenvalue weighted by atomic mass is 10.1. The van der Waals surface area contributed by atoms with Crippen LogP contribution in [-0.2, 0) is 0 Å². The average molecular weight is 192 g/mol. The van der Waals surface area contributed by atoms with Crippen LogP contribution < -0.4 is 0 Å². The number of hydrogen-bond donors (Lipinski definition) is 0. The fourth-order valence-corrected chi connectivity index (χ4v) is 1.58. The second-order valence-electron chi connectivity index (χ2n) is 2.47. The summed E-state index contributed by atoms with van der Waals surface area (Å²) in [7, 11) is 0. The summed E-state index contributed by atoms with van der Waals surface area (Å²) >= 11 is 1.06. The third-order valence-electron chi connectivity index (χ3n) is 1.71. The van der Waals surface area contributed by atoms with E-state index in [2.05, 4.69) is 8.75 Å². The maximum atomic E-state index is 10.5. The van der Waals surface area contributed by atoms with E-state index in [1.165, 1.54) is 0 Å². The van der Waals surface area contributed by atoms with Crippen LogP contribution in [0.25, 0.3) is 11.0 Å².